The average molecular weight is 455 g/mol. The Kier molecular flexibility index (Phi) is 6.84. The van der Waals surface area contributed by atoms with Crippen LogP contribution in [-0.4, -0.2) is 53.9 Å². The maximum atomic E-state index is 13.4. The first-order valence-corrected chi connectivity index (χ1v) is 11.4. The molecule has 1 aliphatic heterocycles. The van der Waals surface area contributed by atoms with Gasteiger partial charge < -0.3 is 15.1 Å². The van der Waals surface area contributed by atoms with Crippen molar-refractivity contribution >= 4 is 40.6 Å². The van der Waals surface area contributed by atoms with Crippen molar-refractivity contribution < 1.29 is 9.59 Å². The summed E-state index contributed by atoms with van der Waals surface area (Å²) in [5.41, 5.74) is 1.01. The van der Waals surface area contributed by atoms with E-state index in [1.807, 2.05) is 58.8 Å². The number of nitrogens with one attached hydrogen (secondary N) is 1. The van der Waals surface area contributed by atoms with Gasteiger partial charge in [-0.25, -0.2) is 4.98 Å². The molecule has 0 aliphatic carbocycles. The van der Waals surface area contributed by atoms with Crippen LogP contribution < -0.4 is 10.2 Å². The largest absolute Gasteiger partial charge is 0.353 e. The maximum Gasteiger partial charge on any atom is 0.262 e. The topological polar surface area (TPSA) is 65.5 Å². The van der Waals surface area contributed by atoms with Crippen molar-refractivity contribution in [2.45, 2.75) is 12.5 Å². The normalized spacial score (nSPS) is 14.9. The zero-order valence-corrected chi connectivity index (χ0v) is 18.5. The molecule has 160 valence electrons. The number of pyridine rings is 1. The van der Waals surface area contributed by atoms with Gasteiger partial charge in [0.05, 0.1) is 9.90 Å². The van der Waals surface area contributed by atoms with Crippen LogP contribution in [0.4, 0.5) is 5.82 Å². The predicted octanol–water partition coefficient (Wildman–Crippen LogP) is 3.49. The number of carbonyl (C=O) groups is 2. The quantitative estimate of drug-likeness (QED) is 0.619. The number of benzene rings is 1. The molecule has 4 rings (SSSR count). The van der Waals surface area contributed by atoms with Crippen molar-refractivity contribution in [2.75, 3.05) is 31.1 Å². The highest BCUT2D eigenvalue weighted by atomic mass is 35.5. The molecule has 1 saturated heterocycles. The number of halogens is 1. The maximum absolute atomic E-state index is 13.4. The fourth-order valence-corrected chi connectivity index (χ4v) is 4.36. The Balaban J connectivity index is 1.43. The summed E-state index contributed by atoms with van der Waals surface area (Å²) < 4.78 is 0. The van der Waals surface area contributed by atoms with E-state index < -0.39 is 6.04 Å². The fourth-order valence-electron chi connectivity index (χ4n) is 3.62. The van der Waals surface area contributed by atoms with Crippen LogP contribution >= 0.6 is 22.9 Å². The van der Waals surface area contributed by atoms with Crippen molar-refractivity contribution in [3.63, 3.8) is 0 Å². The summed E-state index contributed by atoms with van der Waals surface area (Å²) in [4.78, 5) is 34.9. The number of anilines is 1. The van der Waals surface area contributed by atoms with Crippen molar-refractivity contribution in [3.05, 3.63) is 81.6 Å². The third-order valence-electron chi connectivity index (χ3n) is 5.26. The number of hydrogen-bond donors (Lipinski definition) is 1. The molecule has 0 spiro atoms. The lowest BCUT2D eigenvalue weighted by Gasteiger charge is -2.37. The van der Waals surface area contributed by atoms with Crippen molar-refractivity contribution in [2.24, 2.45) is 0 Å². The second-order valence-electron chi connectivity index (χ2n) is 7.34. The molecule has 1 atom stereocenters. The van der Waals surface area contributed by atoms with Crippen LogP contribution in [-0.2, 0) is 11.2 Å². The third kappa shape index (κ3) is 5.42. The summed E-state index contributed by atoms with van der Waals surface area (Å²) in [7, 11) is 0. The molecule has 3 aromatic rings. The Bertz CT molecular complexity index is 1000. The van der Waals surface area contributed by atoms with E-state index in [2.05, 4.69) is 15.2 Å². The SMILES string of the molecule is O=C(NC(Cc1ccccc1)C(=O)N1CCN(c2ccc(Cl)cn2)CC1)c1cccs1. The number of nitrogens with zero attached hydrogens (tertiary/aromatic N) is 3. The Morgan fingerprint density at radius 3 is 2.45 bits per heavy atom. The van der Waals surface area contributed by atoms with Crippen LogP contribution in [0.25, 0.3) is 0 Å². The summed E-state index contributed by atoms with van der Waals surface area (Å²) in [6.45, 7) is 2.50. The first-order chi connectivity index (χ1) is 15.1. The lowest BCUT2D eigenvalue weighted by atomic mass is 10.0. The standard InChI is InChI=1S/C23H23ClN4O2S/c24-18-8-9-21(25-16-18)27-10-12-28(13-11-27)23(30)19(15-17-5-2-1-3-6-17)26-22(29)20-7-4-14-31-20/h1-9,14,16,19H,10-13,15H2,(H,26,29). The highest BCUT2D eigenvalue weighted by Gasteiger charge is 2.29. The van der Waals surface area contributed by atoms with E-state index >= 15 is 0 Å². The molecule has 0 bridgehead atoms. The number of rotatable bonds is 6. The van der Waals surface area contributed by atoms with Gasteiger partial charge >= 0.3 is 0 Å². The van der Waals surface area contributed by atoms with Gasteiger partial charge in [-0.15, -0.1) is 11.3 Å². The molecule has 6 nitrogen and oxygen atoms in total. The minimum atomic E-state index is -0.614. The Morgan fingerprint density at radius 1 is 1.03 bits per heavy atom. The number of thiophene rings is 1. The molecule has 0 radical (unpaired) electrons. The van der Waals surface area contributed by atoms with E-state index in [1.165, 1.54) is 11.3 Å². The van der Waals surface area contributed by atoms with E-state index in [4.69, 9.17) is 11.6 Å². The van der Waals surface area contributed by atoms with Gasteiger partial charge in [0, 0.05) is 38.8 Å². The van der Waals surface area contributed by atoms with Crippen molar-refractivity contribution in [1.82, 2.24) is 15.2 Å². The van der Waals surface area contributed by atoms with E-state index in [0.717, 1.165) is 11.4 Å². The zero-order valence-electron chi connectivity index (χ0n) is 16.9. The highest BCUT2D eigenvalue weighted by Crippen LogP contribution is 2.17. The molecule has 3 heterocycles. The smallest absolute Gasteiger partial charge is 0.262 e. The molecule has 1 fully saturated rings. The highest BCUT2D eigenvalue weighted by molar-refractivity contribution is 7.12. The van der Waals surface area contributed by atoms with Crippen LogP contribution in [0.3, 0.4) is 0 Å². The number of hydrogen-bond acceptors (Lipinski definition) is 5. The molecule has 1 unspecified atom stereocenters. The van der Waals surface area contributed by atoms with E-state index in [-0.39, 0.29) is 11.8 Å². The van der Waals surface area contributed by atoms with Crippen molar-refractivity contribution in [3.8, 4) is 0 Å². The summed E-state index contributed by atoms with van der Waals surface area (Å²) in [5.74, 6) is 0.578. The second kappa shape index (κ2) is 9.94. The molecule has 2 aromatic heterocycles. The molecule has 1 aromatic carbocycles. The molecule has 1 N–H and O–H groups in total. The van der Waals surface area contributed by atoms with Gasteiger partial charge in [-0.3, -0.25) is 9.59 Å². The van der Waals surface area contributed by atoms with Gasteiger partial charge in [0.1, 0.15) is 11.9 Å². The number of carbonyl (C=O) groups excluding carboxylic acids is 2. The van der Waals surface area contributed by atoms with Gasteiger partial charge in [0.25, 0.3) is 5.91 Å². The average Bonchev–Trinajstić information content (AvgIpc) is 3.35. The molecule has 8 heteroatoms. The first kappa shape index (κ1) is 21.3. The van der Waals surface area contributed by atoms with Gasteiger partial charge in [0.2, 0.25) is 5.91 Å². The van der Waals surface area contributed by atoms with Crippen LogP contribution in [0.5, 0.6) is 0 Å². The number of aromatic nitrogens is 1. The Labute approximate surface area is 190 Å². The van der Waals surface area contributed by atoms with Gasteiger partial charge in [0.15, 0.2) is 0 Å². The summed E-state index contributed by atoms with van der Waals surface area (Å²) >= 11 is 7.29. The lowest BCUT2D eigenvalue weighted by Crippen LogP contribution is -2.55. The van der Waals surface area contributed by atoms with Gasteiger partial charge in [-0.1, -0.05) is 48.0 Å². The molecule has 2 amide bonds. The van der Waals surface area contributed by atoms with Crippen LogP contribution in [0.2, 0.25) is 5.02 Å². The minimum absolute atomic E-state index is 0.0579. The van der Waals surface area contributed by atoms with Crippen LogP contribution in [0, 0.1) is 0 Å². The predicted molar refractivity (Wildman–Crippen MR) is 124 cm³/mol. The molecule has 0 saturated carbocycles. The first-order valence-electron chi connectivity index (χ1n) is 10.1. The Hall–Kier alpha value is -2.90. The summed E-state index contributed by atoms with van der Waals surface area (Å²) in [6, 6.07) is 16.5. The van der Waals surface area contributed by atoms with Crippen LogP contribution in [0.15, 0.2) is 66.2 Å². The molecule has 1 aliphatic rings. The minimum Gasteiger partial charge on any atom is -0.353 e. The molecular formula is C23H23ClN4O2S. The fraction of sp³-hybridized carbons (Fsp3) is 0.261. The molecular weight excluding hydrogens is 432 g/mol. The van der Waals surface area contributed by atoms with Crippen LogP contribution in [0.1, 0.15) is 15.2 Å². The summed E-state index contributed by atoms with van der Waals surface area (Å²) in [5, 5.41) is 5.41. The van der Waals surface area contributed by atoms with Gasteiger partial charge in [-0.05, 0) is 29.1 Å². The van der Waals surface area contributed by atoms with E-state index in [1.54, 1.807) is 12.3 Å². The Morgan fingerprint density at radius 2 is 1.81 bits per heavy atom. The molecule has 31 heavy (non-hydrogen) atoms. The monoisotopic (exact) mass is 454 g/mol. The number of piperazine rings is 1. The van der Waals surface area contributed by atoms with E-state index in [0.29, 0.717) is 42.5 Å². The number of amides is 2. The lowest BCUT2D eigenvalue weighted by molar-refractivity contribution is -0.133. The van der Waals surface area contributed by atoms with Gasteiger partial charge in [-0.2, -0.15) is 0 Å². The van der Waals surface area contributed by atoms with E-state index in [9.17, 15) is 9.59 Å². The van der Waals surface area contributed by atoms with Crippen molar-refractivity contribution in [1.29, 1.82) is 0 Å². The summed E-state index contributed by atoms with van der Waals surface area (Å²) in [6.07, 6.45) is 2.08. The third-order valence-corrected chi connectivity index (χ3v) is 6.35. The zero-order chi connectivity index (χ0) is 21.6. The second-order valence-corrected chi connectivity index (χ2v) is 8.72.